The number of phenolic OH excluding ortho intramolecular Hbond substituents is 1. The lowest BCUT2D eigenvalue weighted by molar-refractivity contribution is 0.454. The van der Waals surface area contributed by atoms with Crippen LogP contribution in [0.2, 0.25) is 5.02 Å². The van der Waals surface area contributed by atoms with Crippen molar-refractivity contribution in [3.63, 3.8) is 0 Å². The van der Waals surface area contributed by atoms with Gasteiger partial charge in [0.05, 0.1) is 11.6 Å². The van der Waals surface area contributed by atoms with Crippen molar-refractivity contribution in [3.05, 3.63) is 52.5 Å². The molecule has 2 aromatic rings. The Morgan fingerprint density at radius 2 is 1.83 bits per heavy atom. The molecule has 0 saturated carbocycles. The van der Waals surface area contributed by atoms with E-state index in [0.717, 1.165) is 5.56 Å². The minimum Gasteiger partial charge on any atom is -0.508 e. The Morgan fingerprint density at radius 3 is 2.50 bits per heavy atom. The van der Waals surface area contributed by atoms with Gasteiger partial charge in [-0.05, 0) is 42.8 Å². The van der Waals surface area contributed by atoms with E-state index in [1.165, 1.54) is 6.07 Å². The number of nitriles is 1. The Morgan fingerprint density at radius 1 is 1.11 bits per heavy atom. The largest absolute Gasteiger partial charge is 0.508 e. The number of nitrogens with zero attached hydrogens (tertiary/aromatic N) is 1. The van der Waals surface area contributed by atoms with Crippen LogP contribution >= 0.6 is 11.6 Å². The molecule has 2 aromatic carbocycles. The Kier molecular flexibility index (Phi) is 3.40. The van der Waals surface area contributed by atoms with Crippen LogP contribution in [0.25, 0.3) is 0 Å². The predicted molar refractivity (Wildman–Crippen MR) is 69.1 cm³/mol. The number of rotatable bonds is 2. The maximum Gasteiger partial charge on any atom is 0.131 e. The maximum absolute atomic E-state index is 9.47. The van der Waals surface area contributed by atoms with Gasteiger partial charge < -0.3 is 9.84 Å². The van der Waals surface area contributed by atoms with Gasteiger partial charge in [-0.25, -0.2) is 0 Å². The highest BCUT2D eigenvalue weighted by molar-refractivity contribution is 6.30. The lowest BCUT2D eigenvalue weighted by atomic mass is 10.2. The van der Waals surface area contributed by atoms with E-state index in [1.807, 2.05) is 13.0 Å². The summed E-state index contributed by atoms with van der Waals surface area (Å²) in [6.45, 7) is 1.85. The first-order chi connectivity index (χ1) is 8.56. The zero-order valence-electron chi connectivity index (χ0n) is 9.64. The molecule has 0 aliphatic carbocycles. The van der Waals surface area contributed by atoms with Gasteiger partial charge in [0.15, 0.2) is 0 Å². The lowest BCUT2D eigenvalue weighted by Crippen LogP contribution is -1.86. The van der Waals surface area contributed by atoms with Crippen LogP contribution in [0.15, 0.2) is 36.4 Å². The van der Waals surface area contributed by atoms with Crippen molar-refractivity contribution in [1.29, 1.82) is 5.26 Å². The van der Waals surface area contributed by atoms with Crippen molar-refractivity contribution in [1.82, 2.24) is 0 Å². The summed E-state index contributed by atoms with van der Waals surface area (Å²) in [7, 11) is 0. The second-order valence-electron chi connectivity index (χ2n) is 3.89. The zero-order valence-corrected chi connectivity index (χ0v) is 10.4. The third kappa shape index (κ3) is 2.93. The van der Waals surface area contributed by atoms with E-state index < -0.39 is 0 Å². The van der Waals surface area contributed by atoms with Gasteiger partial charge in [0.2, 0.25) is 0 Å². The highest BCUT2D eigenvalue weighted by atomic mass is 35.5. The number of halogens is 1. The Hall–Kier alpha value is -2.18. The van der Waals surface area contributed by atoms with Gasteiger partial charge in [-0.1, -0.05) is 11.6 Å². The van der Waals surface area contributed by atoms with E-state index in [2.05, 4.69) is 0 Å². The van der Waals surface area contributed by atoms with Crippen molar-refractivity contribution in [3.8, 4) is 23.3 Å². The van der Waals surface area contributed by atoms with Crippen molar-refractivity contribution in [2.45, 2.75) is 6.92 Å². The van der Waals surface area contributed by atoms with Gasteiger partial charge in [0, 0.05) is 11.1 Å². The SMILES string of the molecule is Cc1cc(O)cc(Oc2cc(Cl)cc(C#N)c2)c1. The van der Waals surface area contributed by atoms with Gasteiger partial charge in [-0.3, -0.25) is 0 Å². The Balaban J connectivity index is 2.34. The molecule has 0 bridgehead atoms. The summed E-state index contributed by atoms with van der Waals surface area (Å²) in [4.78, 5) is 0. The Bertz CT molecular complexity index is 612. The molecule has 1 N–H and O–H groups in total. The molecule has 0 amide bonds. The molecule has 0 aliphatic rings. The van der Waals surface area contributed by atoms with Crippen LogP contribution < -0.4 is 4.74 Å². The van der Waals surface area contributed by atoms with Crippen LogP contribution in [0, 0.1) is 18.3 Å². The summed E-state index contributed by atoms with van der Waals surface area (Å²) in [6.07, 6.45) is 0. The normalized spacial score (nSPS) is 9.83. The van der Waals surface area contributed by atoms with Gasteiger partial charge >= 0.3 is 0 Å². The molecule has 0 atom stereocenters. The van der Waals surface area contributed by atoms with Gasteiger partial charge in [0.1, 0.15) is 17.2 Å². The molecule has 0 fully saturated rings. The molecule has 0 radical (unpaired) electrons. The van der Waals surface area contributed by atoms with Crippen molar-refractivity contribution in [2.75, 3.05) is 0 Å². The first kappa shape index (κ1) is 12.3. The summed E-state index contributed by atoms with van der Waals surface area (Å²) in [5, 5.41) is 18.7. The minimum absolute atomic E-state index is 0.132. The number of phenols is 1. The molecule has 0 aromatic heterocycles. The highest BCUT2D eigenvalue weighted by Crippen LogP contribution is 2.29. The van der Waals surface area contributed by atoms with Crippen LogP contribution in [0.3, 0.4) is 0 Å². The molecule has 0 spiro atoms. The van der Waals surface area contributed by atoms with E-state index in [4.69, 9.17) is 21.6 Å². The zero-order chi connectivity index (χ0) is 13.1. The van der Waals surface area contributed by atoms with Crippen LogP contribution in [-0.4, -0.2) is 5.11 Å². The molecule has 0 heterocycles. The molecule has 3 nitrogen and oxygen atoms in total. The number of aryl methyl sites for hydroxylation is 1. The lowest BCUT2D eigenvalue weighted by Gasteiger charge is -2.08. The number of hydrogen-bond donors (Lipinski definition) is 1. The molecule has 0 saturated heterocycles. The van der Waals surface area contributed by atoms with E-state index in [0.29, 0.717) is 22.1 Å². The van der Waals surface area contributed by atoms with E-state index in [1.54, 1.807) is 30.3 Å². The fraction of sp³-hybridized carbons (Fsp3) is 0.0714. The average Bonchev–Trinajstić information content (AvgIpc) is 2.26. The fourth-order valence-corrected chi connectivity index (χ4v) is 1.83. The van der Waals surface area contributed by atoms with E-state index in [9.17, 15) is 5.11 Å². The number of aromatic hydroxyl groups is 1. The van der Waals surface area contributed by atoms with Gasteiger partial charge in [0.25, 0.3) is 0 Å². The molecular weight excluding hydrogens is 250 g/mol. The van der Waals surface area contributed by atoms with Crippen LogP contribution in [-0.2, 0) is 0 Å². The molecular formula is C14H10ClNO2. The van der Waals surface area contributed by atoms with Crippen LogP contribution in [0.5, 0.6) is 17.2 Å². The predicted octanol–water partition coefficient (Wildman–Crippen LogP) is 4.02. The monoisotopic (exact) mass is 259 g/mol. The molecule has 18 heavy (non-hydrogen) atoms. The van der Waals surface area contributed by atoms with Gasteiger partial charge in [-0.15, -0.1) is 0 Å². The Labute approximate surface area is 110 Å². The fourth-order valence-electron chi connectivity index (χ4n) is 1.61. The molecule has 0 unspecified atom stereocenters. The van der Waals surface area contributed by atoms with Crippen LogP contribution in [0.1, 0.15) is 11.1 Å². The first-order valence-corrected chi connectivity index (χ1v) is 5.64. The number of ether oxygens (including phenoxy) is 1. The highest BCUT2D eigenvalue weighted by Gasteiger charge is 2.04. The third-order valence-corrected chi connectivity index (χ3v) is 2.49. The molecule has 0 aliphatic heterocycles. The number of benzene rings is 2. The molecule has 2 rings (SSSR count). The summed E-state index contributed by atoms with van der Waals surface area (Å²) in [6, 6.07) is 11.7. The van der Waals surface area contributed by atoms with Crippen molar-refractivity contribution < 1.29 is 9.84 Å². The number of hydrogen-bond acceptors (Lipinski definition) is 3. The van der Waals surface area contributed by atoms with Gasteiger partial charge in [-0.2, -0.15) is 5.26 Å². The van der Waals surface area contributed by atoms with E-state index in [-0.39, 0.29) is 5.75 Å². The second-order valence-corrected chi connectivity index (χ2v) is 4.33. The standard InChI is InChI=1S/C14H10ClNO2/c1-9-2-12(17)7-13(3-9)18-14-5-10(8-16)4-11(15)6-14/h2-7,17H,1H3. The summed E-state index contributed by atoms with van der Waals surface area (Å²) < 4.78 is 5.57. The average molecular weight is 260 g/mol. The van der Waals surface area contributed by atoms with Crippen molar-refractivity contribution >= 4 is 11.6 Å². The molecule has 4 heteroatoms. The smallest absolute Gasteiger partial charge is 0.131 e. The molecule has 90 valence electrons. The van der Waals surface area contributed by atoms with Crippen LogP contribution in [0.4, 0.5) is 0 Å². The van der Waals surface area contributed by atoms with Crippen molar-refractivity contribution in [2.24, 2.45) is 0 Å². The third-order valence-electron chi connectivity index (χ3n) is 2.27. The van der Waals surface area contributed by atoms with E-state index >= 15 is 0 Å². The summed E-state index contributed by atoms with van der Waals surface area (Å²) in [5.74, 6) is 1.09. The summed E-state index contributed by atoms with van der Waals surface area (Å²) in [5.41, 5.74) is 1.31. The quantitative estimate of drug-likeness (QED) is 0.886. The first-order valence-electron chi connectivity index (χ1n) is 5.26. The topological polar surface area (TPSA) is 53.2 Å². The minimum atomic E-state index is 0.132. The summed E-state index contributed by atoms with van der Waals surface area (Å²) >= 11 is 5.88. The maximum atomic E-state index is 9.47. The second kappa shape index (κ2) is 4.99.